The Morgan fingerprint density at radius 3 is 2.63 bits per heavy atom. The molecule has 3 aliphatic carbocycles. The Labute approximate surface area is 182 Å². The minimum absolute atomic E-state index is 0.0995. The quantitative estimate of drug-likeness (QED) is 0.609. The monoisotopic (exact) mass is 412 g/mol. The van der Waals surface area contributed by atoms with Gasteiger partial charge in [-0.05, 0) is 104 Å². The summed E-state index contributed by atoms with van der Waals surface area (Å²) in [6, 6.07) is 4.16. The topological polar surface area (TPSA) is 65.4 Å². The number of hydrogen-bond acceptors (Lipinski definition) is 4. The van der Waals surface area contributed by atoms with Crippen LogP contribution in [0.15, 0.2) is 36.7 Å². The first kappa shape index (κ1) is 22.0. The minimum Gasteiger partial charge on any atom is -0.396 e. The molecule has 0 amide bonds. The van der Waals surface area contributed by atoms with E-state index in [1.54, 1.807) is 0 Å². The fraction of sp³-hybridized carbons (Fsp3) is 0.731. The predicted octanol–water partition coefficient (Wildman–Crippen LogP) is 4.33. The van der Waals surface area contributed by atoms with Crippen molar-refractivity contribution < 1.29 is 10.2 Å². The van der Waals surface area contributed by atoms with Gasteiger partial charge in [-0.3, -0.25) is 4.98 Å². The zero-order valence-electron chi connectivity index (χ0n) is 18.8. The molecule has 1 aromatic heterocycles. The van der Waals surface area contributed by atoms with Gasteiger partial charge < -0.3 is 15.5 Å². The lowest BCUT2D eigenvalue weighted by Gasteiger charge is -2.56. The summed E-state index contributed by atoms with van der Waals surface area (Å²) in [7, 11) is 0. The van der Waals surface area contributed by atoms with Gasteiger partial charge in [0.05, 0.1) is 6.10 Å². The minimum atomic E-state index is -0.251. The molecule has 0 radical (unpaired) electrons. The molecule has 1 aromatic rings. The van der Waals surface area contributed by atoms with E-state index >= 15 is 0 Å². The lowest BCUT2D eigenvalue weighted by atomic mass is 9.49. The number of hydrogen-bond donors (Lipinski definition) is 3. The highest BCUT2D eigenvalue weighted by Crippen LogP contribution is 2.63. The van der Waals surface area contributed by atoms with Crippen LogP contribution in [0.3, 0.4) is 0 Å². The maximum atomic E-state index is 10.3. The average molecular weight is 413 g/mol. The third-order valence-electron chi connectivity index (χ3n) is 9.42. The molecule has 30 heavy (non-hydrogen) atoms. The summed E-state index contributed by atoms with van der Waals surface area (Å²) in [6.45, 7) is 11.4. The lowest BCUT2D eigenvalue weighted by molar-refractivity contribution is -0.0933. The molecule has 0 spiro atoms. The van der Waals surface area contributed by atoms with Crippen molar-refractivity contribution in [1.29, 1.82) is 0 Å². The second kappa shape index (κ2) is 8.72. The van der Waals surface area contributed by atoms with E-state index in [9.17, 15) is 10.2 Å². The van der Waals surface area contributed by atoms with Gasteiger partial charge in [-0.1, -0.05) is 26.0 Å². The Morgan fingerprint density at radius 1 is 1.13 bits per heavy atom. The van der Waals surface area contributed by atoms with Gasteiger partial charge in [-0.2, -0.15) is 0 Å². The zero-order chi connectivity index (χ0) is 21.4. The Balaban J connectivity index is 1.57. The molecule has 1 heterocycles. The van der Waals surface area contributed by atoms with Crippen LogP contribution in [-0.2, 0) is 6.54 Å². The second-order valence-electron chi connectivity index (χ2n) is 10.8. The van der Waals surface area contributed by atoms with Crippen molar-refractivity contribution in [3.05, 3.63) is 42.2 Å². The first-order chi connectivity index (χ1) is 14.4. The molecular formula is C26H40N2O2. The molecule has 4 rings (SSSR count). The standard InChI is InChI=1S/C26H40N2O2/c1-18-4-5-23-22(16-28-15-19-8-12-27-13-9-19)24(7-11-25(18,23)2)26(3)10-6-21(30)14-20(26)17-29/h8-9,12-13,20-24,28-30H,1,4-7,10-11,14-17H2,2-3H3/t20?,21-,22-,23-,24-,25+,26-/m0/s1. The largest absolute Gasteiger partial charge is 0.396 e. The Kier molecular flexibility index (Phi) is 6.39. The van der Waals surface area contributed by atoms with Crippen molar-refractivity contribution in [2.45, 2.75) is 71.4 Å². The van der Waals surface area contributed by atoms with E-state index in [-0.39, 0.29) is 29.5 Å². The summed E-state index contributed by atoms with van der Waals surface area (Å²) >= 11 is 0. The van der Waals surface area contributed by atoms with E-state index in [1.165, 1.54) is 30.4 Å². The van der Waals surface area contributed by atoms with E-state index in [4.69, 9.17) is 0 Å². The van der Waals surface area contributed by atoms with Gasteiger partial charge in [0.15, 0.2) is 0 Å². The van der Waals surface area contributed by atoms with Crippen LogP contribution in [0.4, 0.5) is 0 Å². The highest BCUT2D eigenvalue weighted by molar-refractivity contribution is 5.21. The Morgan fingerprint density at radius 2 is 1.90 bits per heavy atom. The van der Waals surface area contributed by atoms with Crippen molar-refractivity contribution >= 4 is 0 Å². The smallest absolute Gasteiger partial charge is 0.0544 e. The fourth-order valence-electron chi connectivity index (χ4n) is 7.35. The highest BCUT2D eigenvalue weighted by atomic mass is 16.3. The number of nitrogens with zero attached hydrogens (tertiary/aromatic N) is 1. The van der Waals surface area contributed by atoms with Crippen LogP contribution in [-0.4, -0.2) is 34.5 Å². The van der Waals surface area contributed by atoms with Gasteiger partial charge in [-0.25, -0.2) is 0 Å². The summed E-state index contributed by atoms with van der Waals surface area (Å²) in [6.07, 6.45) is 10.9. The normalized spacial score (nSPS) is 41.6. The van der Waals surface area contributed by atoms with E-state index < -0.39 is 0 Å². The van der Waals surface area contributed by atoms with Gasteiger partial charge in [0.2, 0.25) is 0 Å². The molecule has 4 nitrogen and oxygen atoms in total. The zero-order valence-corrected chi connectivity index (χ0v) is 18.8. The van der Waals surface area contributed by atoms with E-state index in [0.29, 0.717) is 17.8 Å². The van der Waals surface area contributed by atoms with Crippen LogP contribution >= 0.6 is 0 Å². The van der Waals surface area contributed by atoms with Crippen molar-refractivity contribution in [2.75, 3.05) is 13.2 Å². The second-order valence-corrected chi connectivity index (χ2v) is 10.8. The lowest BCUT2D eigenvalue weighted by Crippen LogP contribution is -2.53. The molecule has 3 fully saturated rings. The molecule has 3 N–H and O–H groups in total. The number of allylic oxidation sites excluding steroid dienone is 1. The van der Waals surface area contributed by atoms with E-state index in [2.05, 4.69) is 42.9 Å². The molecule has 0 saturated heterocycles. The number of aliphatic hydroxyl groups is 2. The first-order valence-electron chi connectivity index (χ1n) is 12.0. The van der Waals surface area contributed by atoms with Crippen LogP contribution in [0.1, 0.15) is 64.4 Å². The first-order valence-corrected chi connectivity index (χ1v) is 12.0. The maximum Gasteiger partial charge on any atom is 0.0544 e. The summed E-state index contributed by atoms with van der Waals surface area (Å²) in [5.41, 5.74) is 3.09. The summed E-state index contributed by atoms with van der Waals surface area (Å²) in [4.78, 5) is 4.13. The Hall–Kier alpha value is -1.23. The molecule has 7 atom stereocenters. The van der Waals surface area contributed by atoms with Crippen LogP contribution in [0.25, 0.3) is 0 Å². The van der Waals surface area contributed by atoms with Crippen molar-refractivity contribution in [3.8, 4) is 0 Å². The molecular weight excluding hydrogens is 372 g/mol. The van der Waals surface area contributed by atoms with Crippen molar-refractivity contribution in [2.24, 2.45) is 34.5 Å². The van der Waals surface area contributed by atoms with Crippen LogP contribution in [0.5, 0.6) is 0 Å². The van der Waals surface area contributed by atoms with Crippen molar-refractivity contribution in [1.82, 2.24) is 10.3 Å². The van der Waals surface area contributed by atoms with Crippen molar-refractivity contribution in [3.63, 3.8) is 0 Å². The number of aromatic nitrogens is 1. The van der Waals surface area contributed by atoms with Gasteiger partial charge >= 0.3 is 0 Å². The summed E-state index contributed by atoms with van der Waals surface area (Å²) in [5, 5.41) is 24.3. The molecule has 1 unspecified atom stereocenters. The van der Waals surface area contributed by atoms with Gasteiger partial charge in [0, 0.05) is 25.5 Å². The number of fused-ring (bicyclic) bond motifs is 1. The molecule has 0 aliphatic heterocycles. The average Bonchev–Trinajstić information content (AvgIpc) is 3.05. The van der Waals surface area contributed by atoms with E-state index in [0.717, 1.165) is 38.8 Å². The Bertz CT molecular complexity index is 738. The fourth-order valence-corrected chi connectivity index (χ4v) is 7.35. The summed E-state index contributed by atoms with van der Waals surface area (Å²) in [5.74, 6) is 2.02. The van der Waals surface area contributed by atoms with Gasteiger partial charge in [-0.15, -0.1) is 0 Å². The molecule has 166 valence electrons. The third-order valence-corrected chi connectivity index (χ3v) is 9.42. The number of nitrogens with one attached hydrogen (secondary N) is 1. The molecule has 4 heteroatoms. The predicted molar refractivity (Wildman–Crippen MR) is 121 cm³/mol. The van der Waals surface area contributed by atoms with E-state index in [1.807, 2.05) is 12.4 Å². The molecule has 3 aliphatic rings. The number of aliphatic hydroxyl groups excluding tert-OH is 2. The number of rotatable bonds is 6. The van der Waals surface area contributed by atoms with Gasteiger partial charge in [0.1, 0.15) is 0 Å². The summed E-state index contributed by atoms with van der Waals surface area (Å²) < 4.78 is 0. The molecule has 0 bridgehead atoms. The van der Waals surface area contributed by atoms with Gasteiger partial charge in [0.25, 0.3) is 0 Å². The molecule has 0 aromatic carbocycles. The SMILES string of the molecule is C=C1CC[C@H]2[C@H](CNCc3ccncc3)[C@@H]([C@@]3(C)CC[C@H](O)CC3CO)CC[C@]12C. The highest BCUT2D eigenvalue weighted by Gasteiger charge is 2.56. The van der Waals surface area contributed by atoms with Crippen LogP contribution < -0.4 is 5.32 Å². The maximum absolute atomic E-state index is 10.3. The molecule has 3 saturated carbocycles. The number of pyridine rings is 1. The van der Waals surface area contributed by atoms with Crippen LogP contribution in [0, 0.1) is 34.5 Å². The third kappa shape index (κ3) is 3.87. The van der Waals surface area contributed by atoms with Crippen LogP contribution in [0.2, 0.25) is 0 Å².